The molecule has 142 valence electrons. The molecule has 4 aromatic rings. The van der Waals surface area contributed by atoms with Gasteiger partial charge in [0, 0.05) is 21.8 Å². The summed E-state index contributed by atoms with van der Waals surface area (Å²) >= 11 is 1.72. The van der Waals surface area contributed by atoms with Crippen molar-refractivity contribution in [1.82, 2.24) is 14.5 Å². The van der Waals surface area contributed by atoms with E-state index in [1.807, 2.05) is 57.2 Å². The Kier molecular flexibility index (Phi) is 4.96. The number of hydrogen-bond donors (Lipinski definition) is 0. The average Bonchev–Trinajstić information content (AvgIpc) is 3.30. The van der Waals surface area contributed by atoms with Crippen LogP contribution in [0.4, 0.5) is 0 Å². The Bertz CT molecular complexity index is 1150. The molecule has 0 bridgehead atoms. The van der Waals surface area contributed by atoms with Gasteiger partial charge >= 0.3 is 0 Å². The lowest BCUT2D eigenvalue weighted by atomic mass is 10.1. The molecular formula is C22H21N3O2S. The van der Waals surface area contributed by atoms with Crippen LogP contribution in [0.5, 0.6) is 5.88 Å². The van der Waals surface area contributed by atoms with Gasteiger partial charge in [0.05, 0.1) is 17.6 Å². The van der Waals surface area contributed by atoms with Crippen LogP contribution in [0.1, 0.15) is 32.3 Å². The zero-order chi connectivity index (χ0) is 19.7. The van der Waals surface area contributed by atoms with E-state index in [1.54, 1.807) is 11.3 Å². The third-order valence-corrected chi connectivity index (χ3v) is 5.67. The second-order valence-electron chi connectivity index (χ2n) is 6.77. The first kappa shape index (κ1) is 18.4. The topological polar surface area (TPSA) is 57.0 Å². The number of nitrogens with zero attached hydrogens (tertiary/aromatic N) is 3. The number of carbonyl (C=O) groups excluding carboxylic acids is 1. The number of carbonyl (C=O) groups is 1. The number of thiophene rings is 1. The molecule has 0 amide bonds. The van der Waals surface area contributed by atoms with E-state index < -0.39 is 0 Å². The normalized spacial score (nSPS) is 11.1. The fraction of sp³-hybridized carbons (Fsp3) is 0.227. The maximum Gasteiger partial charge on any atom is 0.236 e. The molecule has 0 aliphatic heterocycles. The molecule has 0 spiro atoms. The SMILES string of the molecule is Cc1nc2ccccc2nc1OCC(=O)c1cc(C)n(Cc2cccs2)c1C. The summed E-state index contributed by atoms with van der Waals surface area (Å²) in [5, 5.41) is 2.07. The summed E-state index contributed by atoms with van der Waals surface area (Å²) in [6, 6.07) is 13.7. The molecule has 28 heavy (non-hydrogen) atoms. The number of benzene rings is 1. The van der Waals surface area contributed by atoms with Gasteiger partial charge in [-0.2, -0.15) is 0 Å². The summed E-state index contributed by atoms with van der Waals surface area (Å²) in [4.78, 5) is 23.1. The van der Waals surface area contributed by atoms with Crippen molar-refractivity contribution < 1.29 is 9.53 Å². The molecule has 0 aliphatic rings. The molecular weight excluding hydrogens is 370 g/mol. The quantitative estimate of drug-likeness (QED) is 0.446. The molecule has 6 heteroatoms. The lowest BCUT2D eigenvalue weighted by Gasteiger charge is -2.10. The summed E-state index contributed by atoms with van der Waals surface area (Å²) < 4.78 is 7.91. The minimum absolute atomic E-state index is 0.0557. The van der Waals surface area contributed by atoms with Gasteiger partial charge in [0.1, 0.15) is 5.69 Å². The maximum atomic E-state index is 12.8. The Labute approximate surface area is 167 Å². The first-order valence-corrected chi connectivity index (χ1v) is 9.99. The molecule has 4 rings (SSSR count). The van der Waals surface area contributed by atoms with Crippen LogP contribution in [0.25, 0.3) is 11.0 Å². The van der Waals surface area contributed by atoms with Crippen molar-refractivity contribution in [3.05, 3.63) is 75.4 Å². The fourth-order valence-corrected chi connectivity index (χ4v) is 4.00. The van der Waals surface area contributed by atoms with Gasteiger partial charge in [0.15, 0.2) is 6.61 Å². The Morgan fingerprint density at radius 3 is 2.54 bits per heavy atom. The van der Waals surface area contributed by atoms with E-state index in [-0.39, 0.29) is 12.4 Å². The van der Waals surface area contributed by atoms with Crippen molar-refractivity contribution in [2.75, 3.05) is 6.61 Å². The van der Waals surface area contributed by atoms with Crippen LogP contribution >= 0.6 is 11.3 Å². The summed E-state index contributed by atoms with van der Waals surface area (Å²) in [6.07, 6.45) is 0. The van der Waals surface area contributed by atoms with Crippen molar-refractivity contribution in [3.63, 3.8) is 0 Å². The number of para-hydroxylation sites is 2. The Morgan fingerprint density at radius 1 is 1.07 bits per heavy atom. The largest absolute Gasteiger partial charge is 0.468 e. The number of ketones is 1. The number of ether oxygens (including phenoxy) is 1. The summed E-state index contributed by atoms with van der Waals surface area (Å²) in [6.45, 7) is 6.56. The fourth-order valence-electron chi connectivity index (χ4n) is 3.31. The van der Waals surface area contributed by atoms with Gasteiger partial charge in [-0.3, -0.25) is 4.79 Å². The van der Waals surface area contributed by atoms with Crippen LogP contribution in [0.3, 0.4) is 0 Å². The molecule has 3 aromatic heterocycles. The van der Waals surface area contributed by atoms with Crippen molar-refractivity contribution in [2.24, 2.45) is 0 Å². The molecule has 0 radical (unpaired) electrons. The number of Topliss-reactive ketones (excluding diaryl/α,β-unsaturated/α-hetero) is 1. The highest BCUT2D eigenvalue weighted by Gasteiger charge is 2.17. The Balaban J connectivity index is 1.52. The summed E-state index contributed by atoms with van der Waals surface area (Å²) in [5.41, 5.74) is 4.97. The lowest BCUT2D eigenvalue weighted by Crippen LogP contribution is -2.14. The smallest absolute Gasteiger partial charge is 0.236 e. The molecule has 0 atom stereocenters. The van der Waals surface area contributed by atoms with E-state index in [4.69, 9.17) is 4.74 Å². The van der Waals surface area contributed by atoms with Gasteiger partial charge in [0.2, 0.25) is 11.7 Å². The molecule has 0 unspecified atom stereocenters. The van der Waals surface area contributed by atoms with Crippen LogP contribution < -0.4 is 4.74 Å². The van der Waals surface area contributed by atoms with E-state index in [9.17, 15) is 4.79 Å². The summed E-state index contributed by atoms with van der Waals surface area (Å²) in [5.74, 6) is 0.347. The minimum Gasteiger partial charge on any atom is -0.468 e. The van der Waals surface area contributed by atoms with E-state index in [1.165, 1.54) is 4.88 Å². The van der Waals surface area contributed by atoms with Gasteiger partial charge < -0.3 is 9.30 Å². The van der Waals surface area contributed by atoms with Crippen molar-refractivity contribution >= 4 is 28.2 Å². The first-order chi connectivity index (χ1) is 13.5. The minimum atomic E-state index is -0.0584. The highest BCUT2D eigenvalue weighted by atomic mass is 32.1. The van der Waals surface area contributed by atoms with E-state index >= 15 is 0 Å². The Morgan fingerprint density at radius 2 is 1.82 bits per heavy atom. The molecule has 5 nitrogen and oxygen atoms in total. The van der Waals surface area contributed by atoms with Crippen LogP contribution in [-0.2, 0) is 6.54 Å². The number of aromatic nitrogens is 3. The van der Waals surface area contributed by atoms with E-state index in [2.05, 4.69) is 26.0 Å². The van der Waals surface area contributed by atoms with Gasteiger partial charge in [-0.1, -0.05) is 18.2 Å². The highest BCUT2D eigenvalue weighted by molar-refractivity contribution is 7.09. The number of rotatable bonds is 6. The standard InChI is InChI=1S/C22H21N3O2S/c1-14-11-18(16(3)25(14)12-17-7-6-10-28-17)21(26)13-27-22-15(2)23-19-8-4-5-9-20(19)24-22/h4-11H,12-13H2,1-3H3. The molecule has 3 heterocycles. The predicted molar refractivity (Wildman–Crippen MR) is 111 cm³/mol. The first-order valence-electron chi connectivity index (χ1n) is 9.11. The number of fused-ring (bicyclic) bond motifs is 1. The average molecular weight is 391 g/mol. The van der Waals surface area contributed by atoms with Crippen LogP contribution in [0, 0.1) is 20.8 Å². The molecule has 0 saturated heterocycles. The zero-order valence-corrected chi connectivity index (χ0v) is 16.9. The number of hydrogen-bond acceptors (Lipinski definition) is 5. The van der Waals surface area contributed by atoms with E-state index in [0.717, 1.165) is 29.0 Å². The van der Waals surface area contributed by atoms with Gasteiger partial charge in [-0.15, -0.1) is 11.3 Å². The second-order valence-corrected chi connectivity index (χ2v) is 7.80. The molecule has 0 fully saturated rings. The predicted octanol–water partition coefficient (Wildman–Crippen LogP) is 4.73. The molecule has 0 N–H and O–H groups in total. The highest BCUT2D eigenvalue weighted by Crippen LogP contribution is 2.21. The second kappa shape index (κ2) is 7.56. The van der Waals surface area contributed by atoms with E-state index in [0.29, 0.717) is 17.1 Å². The lowest BCUT2D eigenvalue weighted by molar-refractivity contribution is 0.0917. The van der Waals surface area contributed by atoms with Crippen molar-refractivity contribution in [3.8, 4) is 5.88 Å². The molecule has 1 aromatic carbocycles. The Hall–Kier alpha value is -2.99. The van der Waals surface area contributed by atoms with Crippen LogP contribution in [-0.4, -0.2) is 26.9 Å². The van der Waals surface area contributed by atoms with Gasteiger partial charge in [0.25, 0.3) is 0 Å². The third kappa shape index (κ3) is 3.55. The third-order valence-electron chi connectivity index (χ3n) is 4.81. The van der Waals surface area contributed by atoms with Crippen molar-refractivity contribution in [1.29, 1.82) is 0 Å². The maximum absolute atomic E-state index is 12.8. The molecule has 0 saturated carbocycles. The zero-order valence-electron chi connectivity index (χ0n) is 16.1. The van der Waals surface area contributed by atoms with Gasteiger partial charge in [-0.25, -0.2) is 9.97 Å². The van der Waals surface area contributed by atoms with Crippen molar-refractivity contribution in [2.45, 2.75) is 27.3 Å². The van der Waals surface area contributed by atoms with Crippen LogP contribution in [0.15, 0.2) is 47.8 Å². The summed E-state index contributed by atoms with van der Waals surface area (Å²) in [7, 11) is 0. The number of aryl methyl sites for hydroxylation is 2. The molecule has 0 aliphatic carbocycles. The monoisotopic (exact) mass is 391 g/mol. The van der Waals surface area contributed by atoms with Crippen LogP contribution in [0.2, 0.25) is 0 Å². The van der Waals surface area contributed by atoms with Gasteiger partial charge in [-0.05, 0) is 50.4 Å².